The summed E-state index contributed by atoms with van der Waals surface area (Å²) in [6.07, 6.45) is 13.4. The topological polar surface area (TPSA) is 36.9 Å². The molecule has 0 aliphatic heterocycles. The maximum absolute atomic E-state index is 6.69. The molecule has 0 radical (unpaired) electrons. The van der Waals surface area contributed by atoms with E-state index in [0.29, 0.717) is 54.9 Å². The highest BCUT2D eigenvalue weighted by Gasteiger charge is 2.29. The Labute approximate surface area is 328 Å². The average Bonchev–Trinajstić information content (AvgIpc) is 3.18. The van der Waals surface area contributed by atoms with Gasteiger partial charge in [-0.3, -0.25) is 0 Å². The molecule has 4 nitrogen and oxygen atoms in total. The first-order valence-corrected chi connectivity index (χ1v) is 20.6. The minimum atomic E-state index is 0.472. The highest BCUT2D eigenvalue weighted by atomic mass is 79.9. The molecule has 0 heterocycles. The van der Waals surface area contributed by atoms with Crippen molar-refractivity contribution in [3.63, 3.8) is 0 Å². The SMILES string of the molecule is CCCCc1ccc(Oc2c(Br)c(Oc3ccc(CCCC)cc3)c(Oc3ccc(CCCC)cc3)c(Br)c2Oc2ccc(CCCC)cc2)cc1. The lowest BCUT2D eigenvalue weighted by molar-refractivity contribution is 0.383. The van der Waals surface area contributed by atoms with Gasteiger partial charge >= 0.3 is 0 Å². The van der Waals surface area contributed by atoms with Crippen molar-refractivity contribution in [2.75, 3.05) is 0 Å². The van der Waals surface area contributed by atoms with Crippen molar-refractivity contribution in [1.29, 1.82) is 0 Å². The molecule has 0 aromatic heterocycles. The molecule has 0 aliphatic carbocycles. The van der Waals surface area contributed by atoms with Gasteiger partial charge in [0.25, 0.3) is 0 Å². The van der Waals surface area contributed by atoms with Crippen molar-refractivity contribution in [2.45, 2.75) is 105 Å². The van der Waals surface area contributed by atoms with Gasteiger partial charge in [-0.25, -0.2) is 0 Å². The first kappa shape index (κ1) is 39.5. The van der Waals surface area contributed by atoms with Crippen molar-refractivity contribution < 1.29 is 18.9 Å². The van der Waals surface area contributed by atoms with Crippen LogP contribution in [-0.2, 0) is 25.7 Å². The Morgan fingerprint density at radius 2 is 0.519 bits per heavy atom. The molecule has 6 heteroatoms. The van der Waals surface area contributed by atoms with Crippen LogP contribution >= 0.6 is 31.9 Å². The zero-order chi connectivity index (χ0) is 36.7. The Morgan fingerprint density at radius 1 is 0.327 bits per heavy atom. The first-order valence-electron chi connectivity index (χ1n) is 19.0. The smallest absolute Gasteiger partial charge is 0.189 e. The molecule has 5 aromatic carbocycles. The molecule has 0 saturated heterocycles. The fourth-order valence-corrected chi connectivity index (χ4v) is 6.91. The standard InChI is InChI=1S/C46H52Br2O4/c1-5-9-13-33-17-25-37(26-18-33)49-43-41(47)45(51-39-29-21-35(22-30-39)15-11-7-3)46(52-40-31-23-36(24-32-40)16-12-8-4)42(48)44(43)50-38-27-19-34(20-28-38)14-10-6-2/h17-32H,5-16H2,1-4H3. The average molecular weight is 829 g/mol. The second kappa shape index (κ2) is 20.5. The summed E-state index contributed by atoms with van der Waals surface area (Å²) in [7, 11) is 0. The van der Waals surface area contributed by atoms with Crippen LogP contribution in [0.1, 0.15) is 101 Å². The Balaban J connectivity index is 1.60. The van der Waals surface area contributed by atoms with Gasteiger partial charge in [0, 0.05) is 0 Å². The van der Waals surface area contributed by atoms with Crippen molar-refractivity contribution in [3.05, 3.63) is 128 Å². The maximum atomic E-state index is 6.69. The van der Waals surface area contributed by atoms with Gasteiger partial charge in [-0.05, 0) is 154 Å². The summed E-state index contributed by atoms with van der Waals surface area (Å²) in [5, 5.41) is 0. The third-order valence-corrected chi connectivity index (χ3v) is 10.5. The summed E-state index contributed by atoms with van der Waals surface area (Å²) in [6, 6.07) is 33.1. The molecule has 0 aliphatic rings. The van der Waals surface area contributed by atoms with Crippen LogP contribution in [0.15, 0.2) is 106 Å². The molecular weight excluding hydrogens is 776 g/mol. The number of rotatable bonds is 20. The van der Waals surface area contributed by atoms with Gasteiger partial charge in [0.2, 0.25) is 0 Å². The van der Waals surface area contributed by atoms with Gasteiger partial charge in [0.05, 0.1) is 0 Å². The van der Waals surface area contributed by atoms with Crippen LogP contribution in [0.4, 0.5) is 0 Å². The lowest BCUT2D eigenvalue weighted by atomic mass is 10.1. The van der Waals surface area contributed by atoms with E-state index in [2.05, 4.69) is 108 Å². The molecular formula is C46H52Br2O4. The van der Waals surface area contributed by atoms with E-state index in [1.165, 1.54) is 22.3 Å². The summed E-state index contributed by atoms with van der Waals surface area (Å²) < 4.78 is 27.9. The molecule has 0 atom stereocenters. The van der Waals surface area contributed by atoms with E-state index in [1.54, 1.807) is 0 Å². The number of aryl methyl sites for hydroxylation is 4. The van der Waals surface area contributed by atoms with E-state index in [9.17, 15) is 0 Å². The number of unbranched alkanes of at least 4 members (excludes halogenated alkanes) is 4. The molecule has 0 unspecified atom stereocenters. The van der Waals surface area contributed by atoms with E-state index in [0.717, 1.165) is 77.0 Å². The van der Waals surface area contributed by atoms with Crippen LogP contribution in [0, 0.1) is 0 Å². The van der Waals surface area contributed by atoms with Crippen LogP contribution in [-0.4, -0.2) is 0 Å². The van der Waals surface area contributed by atoms with Crippen LogP contribution in [0.25, 0.3) is 0 Å². The maximum Gasteiger partial charge on any atom is 0.189 e. The quantitative estimate of drug-likeness (QED) is 0.0783. The Hall–Kier alpha value is -3.74. The molecule has 0 N–H and O–H groups in total. The van der Waals surface area contributed by atoms with Crippen molar-refractivity contribution in [1.82, 2.24) is 0 Å². The summed E-state index contributed by atoms with van der Waals surface area (Å²) >= 11 is 7.81. The van der Waals surface area contributed by atoms with Gasteiger partial charge in [0.15, 0.2) is 23.0 Å². The summed E-state index contributed by atoms with van der Waals surface area (Å²) in [5.74, 6) is 4.65. The summed E-state index contributed by atoms with van der Waals surface area (Å²) in [5.41, 5.74) is 5.13. The Bertz CT molecular complexity index is 1550. The molecule has 0 fully saturated rings. The second-order valence-corrected chi connectivity index (χ2v) is 14.9. The predicted octanol–water partition coefficient (Wildman–Crippen LogP) is 15.8. The Morgan fingerprint density at radius 3 is 0.692 bits per heavy atom. The highest BCUT2D eigenvalue weighted by Crippen LogP contribution is 2.57. The van der Waals surface area contributed by atoms with E-state index in [1.807, 2.05) is 48.5 Å². The zero-order valence-corrected chi connectivity index (χ0v) is 34.3. The molecule has 0 bridgehead atoms. The number of ether oxygens (including phenoxy) is 4. The molecule has 0 amide bonds. The van der Waals surface area contributed by atoms with E-state index in [4.69, 9.17) is 18.9 Å². The van der Waals surface area contributed by atoms with Gasteiger partial charge in [-0.2, -0.15) is 0 Å². The van der Waals surface area contributed by atoms with Crippen molar-refractivity contribution in [2.24, 2.45) is 0 Å². The summed E-state index contributed by atoms with van der Waals surface area (Å²) in [6.45, 7) is 8.85. The Kier molecular flexibility index (Phi) is 15.5. The predicted molar refractivity (Wildman–Crippen MR) is 222 cm³/mol. The van der Waals surface area contributed by atoms with Crippen LogP contribution in [0.2, 0.25) is 0 Å². The fourth-order valence-electron chi connectivity index (χ4n) is 5.86. The normalized spacial score (nSPS) is 11.0. The highest BCUT2D eigenvalue weighted by molar-refractivity contribution is 9.11. The van der Waals surface area contributed by atoms with E-state index < -0.39 is 0 Å². The first-order chi connectivity index (χ1) is 25.4. The monoisotopic (exact) mass is 826 g/mol. The van der Waals surface area contributed by atoms with Crippen molar-refractivity contribution >= 4 is 31.9 Å². The zero-order valence-electron chi connectivity index (χ0n) is 31.1. The molecule has 274 valence electrons. The minimum absolute atomic E-state index is 0.472. The number of hydrogen-bond acceptors (Lipinski definition) is 4. The van der Waals surface area contributed by atoms with Crippen molar-refractivity contribution in [3.8, 4) is 46.0 Å². The molecule has 5 rings (SSSR count). The second-order valence-electron chi connectivity index (χ2n) is 13.3. The fraction of sp³-hybridized carbons (Fsp3) is 0.348. The largest absolute Gasteiger partial charge is 0.452 e. The van der Waals surface area contributed by atoms with E-state index in [-0.39, 0.29) is 0 Å². The number of hydrogen-bond donors (Lipinski definition) is 0. The van der Waals surface area contributed by atoms with Gasteiger partial charge in [0.1, 0.15) is 31.9 Å². The molecule has 52 heavy (non-hydrogen) atoms. The van der Waals surface area contributed by atoms with Crippen LogP contribution in [0.5, 0.6) is 46.0 Å². The van der Waals surface area contributed by atoms with Crippen LogP contribution < -0.4 is 18.9 Å². The molecule has 0 spiro atoms. The van der Waals surface area contributed by atoms with Gasteiger partial charge < -0.3 is 18.9 Å². The molecule has 0 saturated carbocycles. The summed E-state index contributed by atoms with van der Waals surface area (Å²) in [4.78, 5) is 0. The van der Waals surface area contributed by atoms with Gasteiger partial charge in [-0.1, -0.05) is 102 Å². The lowest BCUT2D eigenvalue weighted by Crippen LogP contribution is -2.00. The number of halogens is 2. The third kappa shape index (κ3) is 11.1. The minimum Gasteiger partial charge on any atom is -0.452 e. The number of benzene rings is 5. The van der Waals surface area contributed by atoms with Crippen LogP contribution in [0.3, 0.4) is 0 Å². The molecule has 5 aromatic rings. The lowest BCUT2D eigenvalue weighted by Gasteiger charge is -2.22. The van der Waals surface area contributed by atoms with E-state index >= 15 is 0 Å². The third-order valence-electron chi connectivity index (χ3n) is 9.06. The van der Waals surface area contributed by atoms with Gasteiger partial charge in [-0.15, -0.1) is 0 Å².